The predicted octanol–water partition coefficient (Wildman–Crippen LogP) is 1.75. The molecule has 28 heavy (non-hydrogen) atoms. The van der Waals surface area contributed by atoms with E-state index in [9.17, 15) is 19.2 Å². The summed E-state index contributed by atoms with van der Waals surface area (Å²) in [5, 5.41) is 0. The van der Waals surface area contributed by atoms with Crippen LogP contribution in [0.4, 0.5) is 0 Å². The fourth-order valence-electron chi connectivity index (χ4n) is 2.22. The molecule has 1 fully saturated rings. The van der Waals surface area contributed by atoms with Crippen LogP contribution in [0.2, 0.25) is 0 Å². The Morgan fingerprint density at radius 2 is 1.36 bits per heavy atom. The average molecular weight is 402 g/mol. The van der Waals surface area contributed by atoms with Gasteiger partial charge in [0.1, 0.15) is 6.10 Å². The van der Waals surface area contributed by atoms with E-state index in [2.05, 4.69) is 4.74 Å². The summed E-state index contributed by atoms with van der Waals surface area (Å²) < 4.78 is 26.3. The van der Waals surface area contributed by atoms with E-state index >= 15 is 0 Å². The van der Waals surface area contributed by atoms with Gasteiger partial charge < -0.3 is 23.7 Å². The molecule has 0 aromatic carbocycles. The van der Waals surface area contributed by atoms with E-state index in [1.54, 1.807) is 41.5 Å². The van der Waals surface area contributed by atoms with Crippen LogP contribution < -0.4 is 0 Å². The molecule has 4 atom stereocenters. The summed E-state index contributed by atoms with van der Waals surface area (Å²) in [6.07, 6.45) is -5.01. The van der Waals surface area contributed by atoms with Gasteiger partial charge in [0, 0.05) is 13.3 Å². The van der Waals surface area contributed by atoms with Crippen molar-refractivity contribution >= 4 is 23.9 Å². The van der Waals surface area contributed by atoms with Gasteiger partial charge in [-0.05, 0) is 41.5 Å². The number of esters is 4. The van der Waals surface area contributed by atoms with Crippen LogP contribution in [0, 0.1) is 10.8 Å². The Morgan fingerprint density at radius 1 is 0.857 bits per heavy atom. The first-order valence-corrected chi connectivity index (χ1v) is 8.99. The van der Waals surface area contributed by atoms with Crippen LogP contribution in [0.15, 0.2) is 0 Å². The van der Waals surface area contributed by atoms with Gasteiger partial charge in [-0.2, -0.15) is 0 Å². The Morgan fingerprint density at radius 3 is 1.79 bits per heavy atom. The van der Waals surface area contributed by atoms with E-state index in [0.29, 0.717) is 0 Å². The summed E-state index contributed by atoms with van der Waals surface area (Å²) >= 11 is 0. The molecule has 9 heteroatoms. The number of rotatable bonds is 4. The number of methoxy groups -OCH3 is 1. The third-order valence-corrected chi connectivity index (χ3v) is 3.85. The number of hydrogen-bond donors (Lipinski definition) is 0. The largest absolute Gasteiger partial charge is 0.467 e. The number of carbonyl (C=O) groups is 4. The number of carbonyl (C=O) groups excluding carboxylic acids is 4. The van der Waals surface area contributed by atoms with E-state index < -0.39 is 59.3 Å². The zero-order chi connectivity index (χ0) is 21.9. The molecule has 9 nitrogen and oxygen atoms in total. The Hall–Kier alpha value is -2.16. The van der Waals surface area contributed by atoms with E-state index in [-0.39, 0.29) is 6.42 Å². The van der Waals surface area contributed by atoms with Gasteiger partial charge >= 0.3 is 23.9 Å². The molecule has 0 saturated carbocycles. The molecule has 1 rings (SSSR count). The lowest BCUT2D eigenvalue weighted by molar-refractivity contribution is -0.270. The second-order valence-electron chi connectivity index (χ2n) is 8.68. The maximum absolute atomic E-state index is 12.4. The first-order chi connectivity index (χ1) is 12.7. The van der Waals surface area contributed by atoms with Gasteiger partial charge in [-0.3, -0.25) is 14.4 Å². The zero-order valence-corrected chi connectivity index (χ0v) is 17.7. The summed E-state index contributed by atoms with van der Waals surface area (Å²) in [5.41, 5.74) is -1.70. The standard InChI is InChI=1S/C19H30O9/c1-10(20)25-15-13(28-17(23)19(5,6)7)11(27-16(22)18(2,3)4)9-12(26-15)14(21)24-8/h11-13,15H,9H2,1-8H3/t11-,12-,13-,15-/m0/s1. The van der Waals surface area contributed by atoms with Crippen molar-refractivity contribution in [2.24, 2.45) is 10.8 Å². The van der Waals surface area contributed by atoms with E-state index in [4.69, 9.17) is 18.9 Å². The van der Waals surface area contributed by atoms with Crippen LogP contribution >= 0.6 is 0 Å². The highest BCUT2D eigenvalue weighted by Crippen LogP contribution is 2.31. The molecule has 1 saturated heterocycles. The monoisotopic (exact) mass is 402 g/mol. The molecule has 1 aliphatic heterocycles. The Balaban J connectivity index is 3.24. The summed E-state index contributed by atoms with van der Waals surface area (Å²) in [6, 6.07) is 0. The predicted molar refractivity (Wildman–Crippen MR) is 95.7 cm³/mol. The van der Waals surface area contributed by atoms with Gasteiger partial charge in [0.2, 0.25) is 12.4 Å². The Labute approximate surface area is 165 Å². The second kappa shape index (κ2) is 8.89. The minimum absolute atomic E-state index is 0.117. The highest BCUT2D eigenvalue weighted by molar-refractivity contribution is 5.78. The van der Waals surface area contributed by atoms with E-state index in [1.807, 2.05) is 0 Å². The lowest BCUT2D eigenvalue weighted by Crippen LogP contribution is -2.56. The zero-order valence-electron chi connectivity index (χ0n) is 17.7. The van der Waals surface area contributed by atoms with Crippen LogP contribution in [0.1, 0.15) is 54.9 Å². The van der Waals surface area contributed by atoms with Gasteiger partial charge in [-0.15, -0.1) is 0 Å². The maximum Gasteiger partial charge on any atom is 0.335 e. The lowest BCUT2D eigenvalue weighted by atomic mass is 9.95. The van der Waals surface area contributed by atoms with E-state index in [0.717, 1.165) is 6.92 Å². The van der Waals surface area contributed by atoms with Crippen LogP contribution in [0.25, 0.3) is 0 Å². The van der Waals surface area contributed by atoms with Gasteiger partial charge in [-0.25, -0.2) is 4.79 Å². The fraction of sp³-hybridized carbons (Fsp3) is 0.789. The van der Waals surface area contributed by atoms with Crippen LogP contribution in [-0.4, -0.2) is 55.6 Å². The molecule has 0 amide bonds. The maximum atomic E-state index is 12.4. The van der Waals surface area contributed by atoms with Crippen molar-refractivity contribution in [3.63, 3.8) is 0 Å². The van der Waals surface area contributed by atoms with Crippen molar-refractivity contribution in [1.29, 1.82) is 0 Å². The summed E-state index contributed by atoms with van der Waals surface area (Å²) in [5.74, 6) is -2.62. The smallest absolute Gasteiger partial charge is 0.335 e. The second-order valence-corrected chi connectivity index (χ2v) is 8.68. The quantitative estimate of drug-likeness (QED) is 0.512. The normalized spacial score (nSPS) is 25.4. The third kappa shape index (κ3) is 6.47. The van der Waals surface area contributed by atoms with Crippen molar-refractivity contribution in [2.45, 2.75) is 79.5 Å². The van der Waals surface area contributed by atoms with Crippen LogP contribution in [-0.2, 0) is 42.9 Å². The molecule has 1 heterocycles. The van der Waals surface area contributed by atoms with E-state index in [1.165, 1.54) is 7.11 Å². The van der Waals surface area contributed by atoms with Crippen molar-refractivity contribution in [3.8, 4) is 0 Å². The highest BCUT2D eigenvalue weighted by Gasteiger charge is 2.49. The Kier molecular flexibility index (Phi) is 7.59. The summed E-state index contributed by atoms with van der Waals surface area (Å²) in [7, 11) is 1.18. The van der Waals surface area contributed by atoms with Crippen molar-refractivity contribution in [1.82, 2.24) is 0 Å². The topological polar surface area (TPSA) is 114 Å². The SMILES string of the molecule is COC(=O)[C@@H]1C[C@H](OC(=O)C(C)(C)C)[C@H](OC(=O)C(C)(C)C)[C@@H](OC(C)=O)O1. The first-order valence-electron chi connectivity index (χ1n) is 8.99. The van der Waals surface area contributed by atoms with Gasteiger partial charge in [-0.1, -0.05) is 0 Å². The molecular formula is C19H30O9. The van der Waals surface area contributed by atoms with Crippen molar-refractivity contribution < 1.29 is 42.9 Å². The van der Waals surface area contributed by atoms with Gasteiger partial charge in [0.15, 0.2) is 6.10 Å². The summed E-state index contributed by atoms with van der Waals surface area (Å²) in [4.78, 5) is 48.3. The summed E-state index contributed by atoms with van der Waals surface area (Å²) in [6.45, 7) is 11.1. The third-order valence-electron chi connectivity index (χ3n) is 3.85. The van der Waals surface area contributed by atoms with Crippen LogP contribution in [0.3, 0.4) is 0 Å². The van der Waals surface area contributed by atoms with Crippen molar-refractivity contribution in [2.75, 3.05) is 7.11 Å². The molecule has 0 bridgehead atoms. The molecule has 0 radical (unpaired) electrons. The molecule has 0 N–H and O–H groups in total. The molecular weight excluding hydrogens is 372 g/mol. The van der Waals surface area contributed by atoms with Crippen molar-refractivity contribution in [3.05, 3.63) is 0 Å². The van der Waals surface area contributed by atoms with Gasteiger partial charge in [0.05, 0.1) is 17.9 Å². The molecule has 0 spiro atoms. The van der Waals surface area contributed by atoms with Gasteiger partial charge in [0.25, 0.3) is 0 Å². The fourth-order valence-corrected chi connectivity index (χ4v) is 2.22. The molecule has 0 aliphatic carbocycles. The number of ether oxygens (including phenoxy) is 5. The first kappa shape index (κ1) is 23.9. The molecule has 0 unspecified atom stereocenters. The molecule has 160 valence electrons. The lowest BCUT2D eigenvalue weighted by Gasteiger charge is -2.40. The van der Waals surface area contributed by atoms with Crippen LogP contribution in [0.5, 0.6) is 0 Å². The number of hydrogen-bond acceptors (Lipinski definition) is 9. The molecule has 0 aromatic rings. The molecule has 1 aliphatic rings. The highest BCUT2D eigenvalue weighted by atomic mass is 16.7. The minimum Gasteiger partial charge on any atom is -0.467 e. The molecule has 0 aromatic heterocycles. The minimum atomic E-state index is -1.43. The Bertz CT molecular complexity index is 612. The average Bonchev–Trinajstić information content (AvgIpc) is 2.53.